The third-order valence-corrected chi connectivity index (χ3v) is 3.11. The summed E-state index contributed by atoms with van der Waals surface area (Å²) in [6, 6.07) is 11.3. The molecule has 0 atom stereocenters. The molecule has 0 radical (unpaired) electrons. The number of benzene rings is 1. The zero-order chi connectivity index (χ0) is 15.9. The van der Waals surface area contributed by atoms with Gasteiger partial charge in [-0.25, -0.2) is 4.98 Å². The van der Waals surface area contributed by atoms with Gasteiger partial charge in [0.15, 0.2) is 0 Å². The van der Waals surface area contributed by atoms with Crippen molar-refractivity contribution in [3.63, 3.8) is 0 Å². The third-order valence-electron chi connectivity index (χ3n) is 3.11. The molecule has 1 aromatic carbocycles. The standard InChI is InChI=1S/C17H17N3O2/c1-12-7-13(9-18)20-14(8-12)10-19-11-15-16(21-2)5-4-6-17(15)22-3/h4-8,10H,11H2,1-3H3. The van der Waals surface area contributed by atoms with Crippen LogP contribution in [-0.2, 0) is 6.54 Å². The van der Waals surface area contributed by atoms with Crippen LogP contribution in [-0.4, -0.2) is 25.4 Å². The summed E-state index contributed by atoms with van der Waals surface area (Å²) in [4.78, 5) is 8.58. The van der Waals surface area contributed by atoms with E-state index in [0.29, 0.717) is 17.9 Å². The van der Waals surface area contributed by atoms with Gasteiger partial charge in [-0.3, -0.25) is 4.99 Å². The first kappa shape index (κ1) is 15.5. The predicted molar refractivity (Wildman–Crippen MR) is 84.5 cm³/mol. The SMILES string of the molecule is COc1cccc(OC)c1CN=Cc1cc(C)cc(C#N)n1. The van der Waals surface area contributed by atoms with Crippen molar-refractivity contribution in [2.75, 3.05) is 14.2 Å². The van der Waals surface area contributed by atoms with E-state index in [-0.39, 0.29) is 0 Å². The van der Waals surface area contributed by atoms with Gasteiger partial charge in [0, 0.05) is 6.21 Å². The Morgan fingerprint density at radius 3 is 2.50 bits per heavy atom. The molecule has 0 amide bonds. The fourth-order valence-corrected chi connectivity index (χ4v) is 2.13. The molecule has 0 spiro atoms. The highest BCUT2D eigenvalue weighted by molar-refractivity contribution is 5.77. The topological polar surface area (TPSA) is 67.5 Å². The normalized spacial score (nSPS) is 10.5. The van der Waals surface area contributed by atoms with Crippen molar-refractivity contribution in [3.05, 3.63) is 52.8 Å². The van der Waals surface area contributed by atoms with E-state index < -0.39 is 0 Å². The molecule has 112 valence electrons. The molecule has 0 fully saturated rings. The maximum absolute atomic E-state index is 8.94. The van der Waals surface area contributed by atoms with E-state index >= 15 is 0 Å². The number of aromatic nitrogens is 1. The average molecular weight is 295 g/mol. The lowest BCUT2D eigenvalue weighted by Crippen LogP contribution is -1.97. The van der Waals surface area contributed by atoms with Gasteiger partial charge in [-0.05, 0) is 36.8 Å². The van der Waals surface area contributed by atoms with E-state index in [9.17, 15) is 0 Å². The van der Waals surface area contributed by atoms with Crippen LogP contribution < -0.4 is 9.47 Å². The minimum atomic E-state index is 0.385. The van der Waals surface area contributed by atoms with Crippen LogP contribution in [0.15, 0.2) is 35.3 Å². The lowest BCUT2D eigenvalue weighted by molar-refractivity contribution is 0.386. The van der Waals surface area contributed by atoms with Crippen molar-refractivity contribution in [2.45, 2.75) is 13.5 Å². The fourth-order valence-electron chi connectivity index (χ4n) is 2.13. The van der Waals surface area contributed by atoms with Crippen LogP contribution in [0.4, 0.5) is 0 Å². The molecule has 0 aliphatic rings. The van der Waals surface area contributed by atoms with Crippen molar-refractivity contribution in [1.29, 1.82) is 5.26 Å². The summed E-state index contributed by atoms with van der Waals surface area (Å²) in [6.07, 6.45) is 1.65. The average Bonchev–Trinajstić information content (AvgIpc) is 2.54. The minimum absolute atomic E-state index is 0.385. The van der Waals surface area contributed by atoms with E-state index in [1.165, 1.54) is 0 Å². The van der Waals surface area contributed by atoms with Gasteiger partial charge in [-0.1, -0.05) is 6.07 Å². The van der Waals surface area contributed by atoms with E-state index in [1.807, 2.05) is 37.3 Å². The quantitative estimate of drug-likeness (QED) is 0.795. The van der Waals surface area contributed by atoms with Gasteiger partial charge in [-0.2, -0.15) is 5.26 Å². The maximum atomic E-state index is 8.94. The minimum Gasteiger partial charge on any atom is -0.496 e. The van der Waals surface area contributed by atoms with Gasteiger partial charge in [0.2, 0.25) is 0 Å². The molecular formula is C17H17N3O2. The molecule has 0 aliphatic heterocycles. The first-order chi connectivity index (χ1) is 10.7. The molecule has 2 aromatic rings. The summed E-state index contributed by atoms with van der Waals surface area (Å²) < 4.78 is 10.7. The zero-order valence-electron chi connectivity index (χ0n) is 12.8. The smallest absolute Gasteiger partial charge is 0.141 e. The van der Waals surface area contributed by atoms with E-state index in [1.54, 1.807) is 26.5 Å². The molecule has 1 aromatic heterocycles. The number of hydrogen-bond acceptors (Lipinski definition) is 5. The second-order valence-corrected chi connectivity index (χ2v) is 4.68. The molecular weight excluding hydrogens is 278 g/mol. The van der Waals surface area contributed by atoms with Gasteiger partial charge in [-0.15, -0.1) is 0 Å². The van der Waals surface area contributed by atoms with Crippen molar-refractivity contribution in [2.24, 2.45) is 4.99 Å². The lowest BCUT2D eigenvalue weighted by atomic mass is 10.1. The number of ether oxygens (including phenoxy) is 2. The summed E-state index contributed by atoms with van der Waals surface area (Å²) in [6.45, 7) is 2.33. The molecule has 0 unspecified atom stereocenters. The number of nitriles is 1. The van der Waals surface area contributed by atoms with Gasteiger partial charge < -0.3 is 9.47 Å². The van der Waals surface area contributed by atoms with E-state index in [4.69, 9.17) is 14.7 Å². The second kappa shape index (κ2) is 7.23. The van der Waals surface area contributed by atoms with Crippen molar-refractivity contribution in [3.8, 4) is 17.6 Å². The maximum Gasteiger partial charge on any atom is 0.141 e. The Bertz CT molecular complexity index is 711. The van der Waals surface area contributed by atoms with Crippen LogP contribution in [0, 0.1) is 18.3 Å². The van der Waals surface area contributed by atoms with Gasteiger partial charge in [0.05, 0.1) is 32.0 Å². The Morgan fingerprint density at radius 1 is 1.23 bits per heavy atom. The number of aliphatic imine (C=N–C) groups is 1. The number of hydrogen-bond donors (Lipinski definition) is 0. The molecule has 5 nitrogen and oxygen atoms in total. The molecule has 0 aliphatic carbocycles. The number of rotatable bonds is 5. The Kier molecular flexibility index (Phi) is 5.10. The first-order valence-corrected chi connectivity index (χ1v) is 6.76. The molecule has 0 bridgehead atoms. The van der Waals surface area contributed by atoms with Crippen LogP contribution >= 0.6 is 0 Å². The predicted octanol–water partition coefficient (Wildman–Crippen LogP) is 2.90. The Hall–Kier alpha value is -2.87. The highest BCUT2D eigenvalue weighted by atomic mass is 16.5. The summed E-state index contributed by atoms with van der Waals surface area (Å²) in [5.74, 6) is 1.46. The monoisotopic (exact) mass is 295 g/mol. The summed E-state index contributed by atoms with van der Waals surface area (Å²) >= 11 is 0. The van der Waals surface area contributed by atoms with E-state index in [2.05, 4.69) is 9.98 Å². The molecule has 2 rings (SSSR count). The van der Waals surface area contributed by atoms with Crippen molar-refractivity contribution >= 4 is 6.21 Å². The number of methoxy groups -OCH3 is 2. The molecule has 1 heterocycles. The molecule has 22 heavy (non-hydrogen) atoms. The summed E-state index contributed by atoms with van der Waals surface area (Å²) in [5.41, 5.74) is 2.89. The number of nitrogens with zero attached hydrogens (tertiary/aromatic N) is 3. The van der Waals surface area contributed by atoms with Crippen LogP contribution in [0.3, 0.4) is 0 Å². The first-order valence-electron chi connectivity index (χ1n) is 6.76. The Balaban J connectivity index is 2.23. The van der Waals surface area contributed by atoms with Crippen LogP contribution in [0.1, 0.15) is 22.5 Å². The van der Waals surface area contributed by atoms with Crippen LogP contribution in [0.5, 0.6) is 11.5 Å². The van der Waals surface area contributed by atoms with Gasteiger partial charge >= 0.3 is 0 Å². The lowest BCUT2D eigenvalue weighted by Gasteiger charge is -2.10. The highest BCUT2D eigenvalue weighted by Gasteiger charge is 2.08. The molecule has 0 N–H and O–H groups in total. The number of aryl methyl sites for hydroxylation is 1. The van der Waals surface area contributed by atoms with Crippen LogP contribution in [0.25, 0.3) is 0 Å². The molecule has 0 saturated heterocycles. The van der Waals surface area contributed by atoms with Gasteiger partial charge in [0.25, 0.3) is 0 Å². The highest BCUT2D eigenvalue weighted by Crippen LogP contribution is 2.28. The summed E-state index contributed by atoms with van der Waals surface area (Å²) in [5, 5.41) is 8.94. The molecule has 0 saturated carbocycles. The van der Waals surface area contributed by atoms with Crippen molar-refractivity contribution in [1.82, 2.24) is 4.98 Å². The zero-order valence-corrected chi connectivity index (χ0v) is 12.8. The van der Waals surface area contributed by atoms with Gasteiger partial charge in [0.1, 0.15) is 23.3 Å². The number of pyridine rings is 1. The molecule has 5 heteroatoms. The third kappa shape index (κ3) is 3.61. The van der Waals surface area contributed by atoms with Crippen LogP contribution in [0.2, 0.25) is 0 Å². The Labute approximate surface area is 129 Å². The summed E-state index contributed by atoms with van der Waals surface area (Å²) in [7, 11) is 3.23. The largest absolute Gasteiger partial charge is 0.496 e. The second-order valence-electron chi connectivity index (χ2n) is 4.68. The fraction of sp³-hybridized carbons (Fsp3) is 0.235. The Morgan fingerprint density at radius 2 is 1.91 bits per heavy atom. The van der Waals surface area contributed by atoms with Crippen molar-refractivity contribution < 1.29 is 9.47 Å². The van der Waals surface area contributed by atoms with E-state index in [0.717, 1.165) is 22.6 Å².